The van der Waals surface area contributed by atoms with Crippen LogP contribution in [0, 0.1) is 0 Å². The van der Waals surface area contributed by atoms with Crippen molar-refractivity contribution in [1.82, 2.24) is 4.72 Å². The van der Waals surface area contributed by atoms with Crippen LogP contribution in [0.4, 0.5) is 0 Å². The molecule has 0 amide bonds. The summed E-state index contributed by atoms with van der Waals surface area (Å²) >= 11 is 5.82. The van der Waals surface area contributed by atoms with Crippen LogP contribution in [-0.4, -0.2) is 15.5 Å². The average molecular weight is 329 g/mol. The van der Waals surface area contributed by atoms with E-state index >= 15 is 0 Å². The molecule has 106 valence electrons. The van der Waals surface area contributed by atoms with Gasteiger partial charge in [-0.15, -0.1) is 3.77 Å². The normalized spacial score (nSPS) is 13.3. The Labute approximate surface area is 126 Å². The van der Waals surface area contributed by atoms with Crippen molar-refractivity contribution in [2.45, 2.75) is 9.79 Å². The van der Waals surface area contributed by atoms with Gasteiger partial charge in [0.15, 0.2) is 0 Å². The van der Waals surface area contributed by atoms with Crippen molar-refractivity contribution in [3.63, 3.8) is 0 Å². The second-order valence-electron chi connectivity index (χ2n) is 3.81. The van der Waals surface area contributed by atoms with E-state index in [-0.39, 0.29) is 4.90 Å². The maximum atomic E-state index is 12.2. The third-order valence-corrected chi connectivity index (χ3v) is 6.05. The summed E-state index contributed by atoms with van der Waals surface area (Å²) in [7, 11) is -2.96. The lowest BCUT2D eigenvalue weighted by Gasteiger charge is -2.07. The average Bonchev–Trinajstić information content (AvgIpc) is 2.47. The Morgan fingerprint density at radius 1 is 1.05 bits per heavy atom. The van der Waals surface area contributed by atoms with E-state index in [0.717, 1.165) is 4.90 Å². The quantitative estimate of drug-likeness (QED) is 0.938. The fraction of sp³-hybridized carbons (Fsp3) is 0.0769. The van der Waals surface area contributed by atoms with Crippen LogP contribution in [0.5, 0.6) is 0 Å². The van der Waals surface area contributed by atoms with Gasteiger partial charge in [-0.2, -0.15) is 8.42 Å². The molecule has 0 heterocycles. The minimum Gasteiger partial charge on any atom is -0.253 e. The molecule has 0 spiro atoms. The number of halogens is 1. The smallest absolute Gasteiger partial charge is 0.253 e. The minimum atomic E-state index is -3.69. The van der Waals surface area contributed by atoms with E-state index in [1.807, 2.05) is 0 Å². The molecular weight excluding hydrogens is 316 g/mol. The summed E-state index contributed by atoms with van der Waals surface area (Å²) in [6.07, 6.45) is 0. The largest absolute Gasteiger partial charge is 0.289 e. The lowest BCUT2D eigenvalue weighted by atomic mass is 10.4. The Bertz CT molecular complexity index is 714. The molecule has 0 fully saturated rings. The number of nitrogens with zero attached hydrogens (tertiary/aromatic N) is 1. The highest BCUT2D eigenvalue weighted by atomic mass is 35.5. The van der Waals surface area contributed by atoms with Gasteiger partial charge in [0.25, 0.3) is 10.0 Å². The molecule has 0 aliphatic carbocycles. The molecule has 1 atom stereocenters. The van der Waals surface area contributed by atoms with Crippen molar-refractivity contribution < 1.29 is 8.42 Å². The van der Waals surface area contributed by atoms with Gasteiger partial charge in [-0.1, -0.05) is 29.8 Å². The van der Waals surface area contributed by atoms with Gasteiger partial charge in [0, 0.05) is 20.8 Å². The molecule has 7 heteroatoms. The molecule has 1 unspecified atom stereocenters. The number of hydrogen-bond acceptors (Lipinski definition) is 2. The van der Waals surface area contributed by atoms with E-state index in [1.165, 1.54) is 12.1 Å². The first-order chi connectivity index (χ1) is 9.53. The fourth-order valence-electron chi connectivity index (χ4n) is 1.50. The molecule has 4 nitrogen and oxygen atoms in total. The van der Waals surface area contributed by atoms with E-state index in [2.05, 4.69) is 8.49 Å². The first kappa shape index (κ1) is 15.2. The zero-order chi connectivity index (χ0) is 14.6. The molecule has 0 radical (unpaired) electrons. The summed E-state index contributed by atoms with van der Waals surface area (Å²) in [6, 6.07) is 15.1. The van der Waals surface area contributed by atoms with Crippen LogP contribution in [-0.2, 0) is 20.9 Å². The fourth-order valence-corrected chi connectivity index (χ4v) is 4.52. The maximum absolute atomic E-state index is 12.2. The molecular formula is C13H13ClN2O2S2. The molecule has 1 N–H and O–H groups in total. The Morgan fingerprint density at radius 3 is 2.20 bits per heavy atom. The first-order valence-corrected chi connectivity index (χ1v) is 8.73. The van der Waals surface area contributed by atoms with E-state index in [4.69, 9.17) is 11.6 Å². The van der Waals surface area contributed by atoms with E-state index in [1.54, 1.807) is 49.5 Å². The topological polar surface area (TPSA) is 58.5 Å². The van der Waals surface area contributed by atoms with Crippen LogP contribution in [0.2, 0.25) is 5.02 Å². The standard InChI is InChI=1S/C13H13ClN2O2S2/c1-15-19(12-9-7-11(14)8-10-12)16-20(17,18)13-5-3-2-4-6-13/h2-10H,1H3,(H,15,16). The van der Waals surface area contributed by atoms with Crippen molar-refractivity contribution in [3.8, 4) is 0 Å². The third-order valence-electron chi connectivity index (χ3n) is 2.44. The van der Waals surface area contributed by atoms with Crippen molar-refractivity contribution in [2.24, 2.45) is 3.77 Å². The molecule has 0 bridgehead atoms. The third kappa shape index (κ3) is 3.67. The van der Waals surface area contributed by atoms with Gasteiger partial charge in [0.1, 0.15) is 0 Å². The Balaban J connectivity index is 2.43. The number of nitrogens with one attached hydrogen (secondary N) is 1. The number of rotatable bonds is 4. The van der Waals surface area contributed by atoms with Crippen molar-refractivity contribution in [1.29, 1.82) is 0 Å². The second-order valence-corrected chi connectivity index (χ2v) is 7.71. The lowest BCUT2D eigenvalue weighted by Crippen LogP contribution is -2.13. The molecule has 0 saturated heterocycles. The van der Waals surface area contributed by atoms with Crippen molar-refractivity contribution >= 4 is 32.5 Å². The van der Waals surface area contributed by atoms with Crippen LogP contribution < -0.4 is 4.72 Å². The lowest BCUT2D eigenvalue weighted by molar-refractivity contribution is 0.598. The molecule has 20 heavy (non-hydrogen) atoms. The SMILES string of the molecule is CNS(=NS(=O)(=O)c1ccccc1)c1ccc(Cl)cc1. The van der Waals surface area contributed by atoms with Crippen LogP contribution >= 0.6 is 11.6 Å². The van der Waals surface area contributed by atoms with E-state index in [9.17, 15) is 8.42 Å². The van der Waals surface area contributed by atoms with E-state index < -0.39 is 20.9 Å². The van der Waals surface area contributed by atoms with Crippen LogP contribution in [0.3, 0.4) is 0 Å². The number of hydrogen-bond donors (Lipinski definition) is 1. The van der Waals surface area contributed by atoms with Crippen LogP contribution in [0.1, 0.15) is 0 Å². The maximum Gasteiger partial charge on any atom is 0.289 e. The Hall–Kier alpha value is -1.21. The number of sulfonamides is 1. The summed E-state index contributed by atoms with van der Waals surface area (Å²) in [5.74, 6) is 0. The second kappa shape index (κ2) is 6.49. The Kier molecular flexibility index (Phi) is 4.93. The predicted molar refractivity (Wildman–Crippen MR) is 82.2 cm³/mol. The zero-order valence-electron chi connectivity index (χ0n) is 10.7. The first-order valence-electron chi connectivity index (χ1n) is 5.73. The van der Waals surface area contributed by atoms with Crippen molar-refractivity contribution in [3.05, 3.63) is 59.6 Å². The van der Waals surface area contributed by atoms with E-state index in [0.29, 0.717) is 5.02 Å². The van der Waals surface area contributed by atoms with Gasteiger partial charge in [0.05, 0.1) is 4.90 Å². The molecule has 0 aromatic heterocycles. The minimum absolute atomic E-state index is 0.182. The Morgan fingerprint density at radius 2 is 1.65 bits per heavy atom. The van der Waals surface area contributed by atoms with Gasteiger partial charge in [-0.3, -0.25) is 4.72 Å². The molecule has 2 aromatic carbocycles. The molecule has 2 aromatic rings. The summed E-state index contributed by atoms with van der Waals surface area (Å²) in [5, 5.41) is 0.597. The highest BCUT2D eigenvalue weighted by Gasteiger charge is 2.13. The highest BCUT2D eigenvalue weighted by molar-refractivity contribution is 7.99. The van der Waals surface area contributed by atoms with Crippen LogP contribution in [0.25, 0.3) is 0 Å². The molecule has 0 aliphatic rings. The van der Waals surface area contributed by atoms with Gasteiger partial charge in [0.2, 0.25) is 0 Å². The highest BCUT2D eigenvalue weighted by Crippen LogP contribution is 2.17. The van der Waals surface area contributed by atoms with Crippen molar-refractivity contribution in [2.75, 3.05) is 7.05 Å². The van der Waals surface area contributed by atoms with Gasteiger partial charge < -0.3 is 0 Å². The molecule has 0 saturated carbocycles. The van der Waals surface area contributed by atoms with Gasteiger partial charge in [-0.25, -0.2) is 0 Å². The summed E-state index contributed by atoms with van der Waals surface area (Å²) in [6.45, 7) is 0. The molecule has 0 aliphatic heterocycles. The van der Waals surface area contributed by atoms with Crippen LogP contribution in [0.15, 0.2) is 68.2 Å². The monoisotopic (exact) mass is 328 g/mol. The van der Waals surface area contributed by atoms with Gasteiger partial charge >= 0.3 is 0 Å². The zero-order valence-corrected chi connectivity index (χ0v) is 13.0. The predicted octanol–water partition coefficient (Wildman–Crippen LogP) is 3.02. The molecule has 2 rings (SSSR count). The summed E-state index contributed by atoms with van der Waals surface area (Å²) in [5.41, 5.74) is 0. The van der Waals surface area contributed by atoms with Gasteiger partial charge in [-0.05, 0) is 43.4 Å². The number of benzene rings is 2. The summed E-state index contributed by atoms with van der Waals surface area (Å²) < 4.78 is 31.3. The summed E-state index contributed by atoms with van der Waals surface area (Å²) in [4.78, 5) is 0.943.